The third-order valence-electron chi connectivity index (χ3n) is 8.05. The number of allylic oxidation sites excluding steroid dienone is 8. The van der Waals surface area contributed by atoms with E-state index in [0.717, 1.165) is 51.4 Å². The molecule has 0 radical (unpaired) electrons. The molecule has 0 aromatic carbocycles. The standard InChI is InChI=1S/C40H70O4/c1-3-5-7-9-11-13-15-17-18-19-20-22-24-26-28-30-32-37-40(43)44-38(35-33-36-39(41)42)34-31-29-27-25-23-21-16-14-12-10-8-6-4-2/h11,13,17-18,20,22,26,28,38H,3-10,12,14-16,19,21,23-25,27,29-37H2,1-2H3,(H,41,42)/b13-11-,18-17-,22-20-,28-26-. The zero-order chi connectivity index (χ0) is 32.2. The van der Waals surface area contributed by atoms with Crippen LogP contribution >= 0.6 is 0 Å². The van der Waals surface area contributed by atoms with Gasteiger partial charge in [0.15, 0.2) is 0 Å². The van der Waals surface area contributed by atoms with Crippen molar-refractivity contribution in [3.05, 3.63) is 48.6 Å². The van der Waals surface area contributed by atoms with Crippen LogP contribution in [0.15, 0.2) is 48.6 Å². The number of aliphatic carboxylic acids is 1. The van der Waals surface area contributed by atoms with Gasteiger partial charge in [0.1, 0.15) is 6.10 Å². The maximum atomic E-state index is 12.5. The fourth-order valence-corrected chi connectivity index (χ4v) is 5.30. The molecule has 0 aromatic rings. The molecule has 1 unspecified atom stereocenters. The van der Waals surface area contributed by atoms with Gasteiger partial charge < -0.3 is 9.84 Å². The number of carbonyl (C=O) groups is 2. The monoisotopic (exact) mass is 615 g/mol. The molecule has 0 aliphatic rings. The number of carboxylic acids is 1. The Labute approximate surface area is 272 Å². The highest BCUT2D eigenvalue weighted by atomic mass is 16.5. The molecule has 0 heterocycles. The fourth-order valence-electron chi connectivity index (χ4n) is 5.30. The Hall–Kier alpha value is -2.10. The Morgan fingerprint density at radius 3 is 1.41 bits per heavy atom. The average molecular weight is 615 g/mol. The minimum atomic E-state index is -0.782. The molecule has 0 aliphatic heterocycles. The van der Waals surface area contributed by atoms with E-state index in [1.165, 1.54) is 96.3 Å². The largest absolute Gasteiger partial charge is 0.481 e. The van der Waals surface area contributed by atoms with Gasteiger partial charge in [-0.05, 0) is 70.6 Å². The van der Waals surface area contributed by atoms with Gasteiger partial charge in [0.25, 0.3) is 0 Å². The third-order valence-corrected chi connectivity index (χ3v) is 8.05. The van der Waals surface area contributed by atoms with Crippen LogP contribution in [-0.2, 0) is 14.3 Å². The minimum Gasteiger partial charge on any atom is -0.481 e. The van der Waals surface area contributed by atoms with E-state index in [2.05, 4.69) is 62.5 Å². The van der Waals surface area contributed by atoms with E-state index >= 15 is 0 Å². The van der Waals surface area contributed by atoms with E-state index < -0.39 is 5.97 Å². The van der Waals surface area contributed by atoms with Crippen LogP contribution in [0, 0.1) is 0 Å². The molecular formula is C40H70O4. The van der Waals surface area contributed by atoms with Gasteiger partial charge in [-0.1, -0.05) is 152 Å². The third kappa shape index (κ3) is 34.4. The topological polar surface area (TPSA) is 63.6 Å². The van der Waals surface area contributed by atoms with Crippen molar-refractivity contribution in [2.24, 2.45) is 0 Å². The van der Waals surface area contributed by atoms with Crippen molar-refractivity contribution in [2.75, 3.05) is 0 Å². The average Bonchev–Trinajstić information content (AvgIpc) is 3.00. The van der Waals surface area contributed by atoms with E-state index in [1.54, 1.807) is 0 Å². The van der Waals surface area contributed by atoms with E-state index in [-0.39, 0.29) is 18.5 Å². The summed E-state index contributed by atoms with van der Waals surface area (Å²) in [6.07, 6.45) is 46.9. The number of rotatable bonds is 33. The van der Waals surface area contributed by atoms with Gasteiger partial charge in [-0.3, -0.25) is 9.59 Å². The second-order valence-corrected chi connectivity index (χ2v) is 12.4. The molecular weight excluding hydrogens is 544 g/mol. The van der Waals surface area contributed by atoms with Crippen molar-refractivity contribution < 1.29 is 19.4 Å². The minimum absolute atomic E-state index is 0.138. The zero-order valence-electron chi connectivity index (χ0n) is 29.0. The number of carboxylic acid groups (broad SMARTS) is 1. The van der Waals surface area contributed by atoms with Crippen molar-refractivity contribution >= 4 is 11.9 Å². The molecule has 0 saturated carbocycles. The SMILES string of the molecule is CCCCC/C=C\C/C=C\C/C=C\C/C=C\CCCC(=O)OC(CCCCCCCCCCCCCCC)CCCC(=O)O. The lowest BCUT2D eigenvalue weighted by molar-refractivity contribution is -0.150. The molecule has 0 aromatic heterocycles. The van der Waals surface area contributed by atoms with Gasteiger partial charge in [0, 0.05) is 12.8 Å². The summed E-state index contributed by atoms with van der Waals surface area (Å²) < 4.78 is 5.79. The van der Waals surface area contributed by atoms with Gasteiger partial charge in [-0.15, -0.1) is 0 Å². The lowest BCUT2D eigenvalue weighted by Crippen LogP contribution is -2.18. The summed E-state index contributed by atoms with van der Waals surface area (Å²) in [5, 5.41) is 9.00. The van der Waals surface area contributed by atoms with Crippen molar-refractivity contribution in [1.29, 1.82) is 0 Å². The Bertz CT molecular complexity index is 748. The molecule has 0 fully saturated rings. The summed E-state index contributed by atoms with van der Waals surface area (Å²) >= 11 is 0. The zero-order valence-corrected chi connectivity index (χ0v) is 29.0. The van der Waals surface area contributed by atoms with E-state index in [1.807, 2.05) is 0 Å². The predicted octanol–water partition coefficient (Wildman–Crippen LogP) is 12.8. The van der Waals surface area contributed by atoms with Crippen molar-refractivity contribution in [3.63, 3.8) is 0 Å². The second-order valence-electron chi connectivity index (χ2n) is 12.4. The fraction of sp³-hybridized carbons (Fsp3) is 0.750. The van der Waals surface area contributed by atoms with Gasteiger partial charge in [-0.2, -0.15) is 0 Å². The highest BCUT2D eigenvalue weighted by Gasteiger charge is 2.15. The number of unbranched alkanes of at least 4 members (excludes halogenated alkanes) is 16. The Morgan fingerprint density at radius 1 is 0.500 bits per heavy atom. The lowest BCUT2D eigenvalue weighted by Gasteiger charge is -2.18. The first-order valence-corrected chi connectivity index (χ1v) is 18.6. The molecule has 1 atom stereocenters. The molecule has 4 nitrogen and oxygen atoms in total. The molecule has 254 valence electrons. The van der Waals surface area contributed by atoms with E-state index in [9.17, 15) is 9.59 Å². The lowest BCUT2D eigenvalue weighted by atomic mass is 10.0. The summed E-state index contributed by atoms with van der Waals surface area (Å²) in [6, 6.07) is 0. The maximum Gasteiger partial charge on any atom is 0.306 e. The van der Waals surface area contributed by atoms with Crippen LogP contribution in [0.5, 0.6) is 0 Å². The van der Waals surface area contributed by atoms with Crippen LogP contribution < -0.4 is 0 Å². The van der Waals surface area contributed by atoms with Gasteiger partial charge in [0.05, 0.1) is 0 Å². The Morgan fingerprint density at radius 2 is 0.909 bits per heavy atom. The Balaban J connectivity index is 3.96. The first kappa shape index (κ1) is 41.9. The van der Waals surface area contributed by atoms with Gasteiger partial charge in [-0.25, -0.2) is 0 Å². The molecule has 0 spiro atoms. The molecule has 44 heavy (non-hydrogen) atoms. The van der Waals surface area contributed by atoms with Crippen LogP contribution in [0.4, 0.5) is 0 Å². The maximum absolute atomic E-state index is 12.5. The van der Waals surface area contributed by atoms with Crippen molar-refractivity contribution in [1.82, 2.24) is 0 Å². The second kappa shape index (κ2) is 35.4. The molecule has 4 heteroatoms. The summed E-state index contributed by atoms with van der Waals surface area (Å²) in [5.74, 6) is -0.925. The first-order valence-electron chi connectivity index (χ1n) is 18.6. The van der Waals surface area contributed by atoms with Crippen LogP contribution in [0.25, 0.3) is 0 Å². The molecule has 0 aliphatic carbocycles. The molecule has 0 bridgehead atoms. The Kier molecular flexibility index (Phi) is 33.7. The van der Waals surface area contributed by atoms with Gasteiger partial charge >= 0.3 is 11.9 Å². The van der Waals surface area contributed by atoms with Crippen LogP contribution in [0.3, 0.4) is 0 Å². The molecule has 0 amide bonds. The number of hydrogen-bond donors (Lipinski definition) is 1. The van der Waals surface area contributed by atoms with Crippen LogP contribution in [0.1, 0.15) is 187 Å². The quantitative estimate of drug-likeness (QED) is 0.0454. The summed E-state index contributed by atoms with van der Waals surface area (Å²) in [4.78, 5) is 23.4. The van der Waals surface area contributed by atoms with E-state index in [4.69, 9.17) is 9.84 Å². The smallest absolute Gasteiger partial charge is 0.306 e. The molecule has 0 rings (SSSR count). The number of carbonyl (C=O) groups excluding carboxylic acids is 1. The summed E-state index contributed by atoms with van der Waals surface area (Å²) in [6.45, 7) is 4.51. The van der Waals surface area contributed by atoms with E-state index in [0.29, 0.717) is 19.3 Å². The normalized spacial score (nSPS) is 12.8. The predicted molar refractivity (Wildman–Crippen MR) is 190 cm³/mol. The van der Waals surface area contributed by atoms with Crippen molar-refractivity contribution in [2.45, 2.75) is 193 Å². The first-order chi connectivity index (χ1) is 21.6. The van der Waals surface area contributed by atoms with Crippen LogP contribution in [0.2, 0.25) is 0 Å². The van der Waals surface area contributed by atoms with Crippen LogP contribution in [-0.4, -0.2) is 23.1 Å². The number of hydrogen-bond acceptors (Lipinski definition) is 3. The van der Waals surface area contributed by atoms with Gasteiger partial charge in [0.2, 0.25) is 0 Å². The number of esters is 1. The summed E-state index contributed by atoms with van der Waals surface area (Å²) in [5.41, 5.74) is 0. The molecule has 0 saturated heterocycles. The molecule has 1 N–H and O–H groups in total. The van der Waals surface area contributed by atoms with Crippen molar-refractivity contribution in [3.8, 4) is 0 Å². The number of ether oxygens (including phenoxy) is 1. The highest BCUT2D eigenvalue weighted by molar-refractivity contribution is 5.69. The summed E-state index contributed by atoms with van der Waals surface area (Å²) in [7, 11) is 0. The highest BCUT2D eigenvalue weighted by Crippen LogP contribution is 2.17.